The Kier molecular flexibility index (Phi) is 5.34. The van der Waals surface area contributed by atoms with Gasteiger partial charge in [-0.3, -0.25) is 9.69 Å². The molecular weight excluding hydrogens is 234 g/mol. The summed E-state index contributed by atoms with van der Waals surface area (Å²) in [4.78, 5) is 14.4. The summed E-state index contributed by atoms with van der Waals surface area (Å²) in [7, 11) is 0. The minimum absolute atomic E-state index is 0.284. The molecule has 0 radical (unpaired) electrons. The van der Waals surface area contributed by atoms with E-state index in [2.05, 4.69) is 35.7 Å². The van der Waals surface area contributed by atoms with Crippen LogP contribution < -0.4 is 0 Å². The van der Waals surface area contributed by atoms with Crippen LogP contribution in [-0.2, 0) is 11.3 Å². The van der Waals surface area contributed by atoms with Crippen molar-refractivity contribution in [1.29, 1.82) is 0 Å². The average Bonchev–Trinajstić information content (AvgIpc) is 2.46. The first-order valence-electron chi connectivity index (χ1n) is 7.19. The van der Waals surface area contributed by atoms with E-state index in [1.807, 2.05) is 12.1 Å². The quantitative estimate of drug-likeness (QED) is 0.728. The number of hydrogen-bond donors (Lipinski definition) is 0. The zero-order valence-electron chi connectivity index (χ0n) is 11.6. The van der Waals surface area contributed by atoms with Crippen molar-refractivity contribution in [2.75, 3.05) is 13.1 Å². The average molecular weight is 257 g/mol. The molecule has 0 aliphatic carbocycles. The van der Waals surface area contributed by atoms with Crippen molar-refractivity contribution < 1.29 is 4.79 Å². The van der Waals surface area contributed by atoms with Crippen LogP contribution in [0.2, 0.25) is 0 Å². The van der Waals surface area contributed by atoms with Crippen LogP contribution in [-0.4, -0.2) is 23.8 Å². The zero-order chi connectivity index (χ0) is 13.5. The van der Waals surface area contributed by atoms with E-state index in [-0.39, 0.29) is 5.92 Å². The standard InChI is InChI=1S/C17H23NO/c1-2-3-9-17(19)16-10-12-18(13-11-16)14-15-7-5-4-6-8-15/h2,4-8,16H,1,3,9-14H2. The van der Waals surface area contributed by atoms with Crippen LogP contribution in [0.1, 0.15) is 31.2 Å². The third-order valence-corrected chi connectivity index (χ3v) is 3.89. The lowest BCUT2D eigenvalue weighted by molar-refractivity contribution is -0.124. The molecule has 0 aromatic heterocycles. The summed E-state index contributed by atoms with van der Waals surface area (Å²) in [6, 6.07) is 10.6. The van der Waals surface area contributed by atoms with Crippen LogP contribution in [0.15, 0.2) is 43.0 Å². The third kappa shape index (κ3) is 4.32. The largest absolute Gasteiger partial charge is 0.299 e. The first-order valence-corrected chi connectivity index (χ1v) is 7.19. The molecule has 2 heteroatoms. The molecule has 1 heterocycles. The van der Waals surface area contributed by atoms with Gasteiger partial charge in [-0.15, -0.1) is 6.58 Å². The smallest absolute Gasteiger partial charge is 0.136 e. The monoisotopic (exact) mass is 257 g/mol. The van der Waals surface area contributed by atoms with Gasteiger partial charge in [0.1, 0.15) is 5.78 Å². The van der Waals surface area contributed by atoms with Gasteiger partial charge in [-0.1, -0.05) is 36.4 Å². The van der Waals surface area contributed by atoms with Crippen molar-refractivity contribution in [2.45, 2.75) is 32.2 Å². The van der Waals surface area contributed by atoms with E-state index in [0.29, 0.717) is 12.2 Å². The lowest BCUT2D eigenvalue weighted by Crippen LogP contribution is -2.35. The molecule has 2 rings (SSSR count). The number of Topliss-reactive ketones (excluding diaryl/α,β-unsaturated/α-hetero) is 1. The van der Waals surface area contributed by atoms with Gasteiger partial charge in [0.05, 0.1) is 0 Å². The van der Waals surface area contributed by atoms with Gasteiger partial charge in [-0.05, 0) is 37.9 Å². The van der Waals surface area contributed by atoms with E-state index in [4.69, 9.17) is 0 Å². The second kappa shape index (κ2) is 7.25. The fourth-order valence-corrected chi connectivity index (χ4v) is 2.70. The maximum absolute atomic E-state index is 12.0. The molecule has 1 saturated heterocycles. The highest BCUT2D eigenvalue weighted by Gasteiger charge is 2.23. The molecule has 2 nitrogen and oxygen atoms in total. The van der Waals surface area contributed by atoms with Gasteiger partial charge in [-0.2, -0.15) is 0 Å². The van der Waals surface area contributed by atoms with E-state index in [0.717, 1.165) is 38.9 Å². The Balaban J connectivity index is 1.76. The minimum Gasteiger partial charge on any atom is -0.299 e. The van der Waals surface area contributed by atoms with E-state index < -0.39 is 0 Å². The molecule has 0 atom stereocenters. The highest BCUT2D eigenvalue weighted by molar-refractivity contribution is 5.81. The molecular formula is C17H23NO. The molecule has 1 aromatic carbocycles. The summed E-state index contributed by atoms with van der Waals surface area (Å²) in [5, 5.41) is 0. The van der Waals surface area contributed by atoms with Crippen LogP contribution in [0.5, 0.6) is 0 Å². The van der Waals surface area contributed by atoms with Crippen LogP contribution >= 0.6 is 0 Å². The fourth-order valence-electron chi connectivity index (χ4n) is 2.70. The number of benzene rings is 1. The summed E-state index contributed by atoms with van der Waals surface area (Å²) in [5.74, 6) is 0.714. The first kappa shape index (κ1) is 14.0. The lowest BCUT2D eigenvalue weighted by Gasteiger charge is -2.31. The summed E-state index contributed by atoms with van der Waals surface area (Å²) in [5.41, 5.74) is 1.36. The molecule has 0 spiro atoms. The Morgan fingerprint density at radius 2 is 1.95 bits per heavy atom. The Morgan fingerprint density at radius 3 is 2.58 bits per heavy atom. The number of carbonyl (C=O) groups excluding carboxylic acids is 1. The van der Waals surface area contributed by atoms with Gasteiger partial charge in [0.15, 0.2) is 0 Å². The number of ketones is 1. The predicted octanol–water partition coefficient (Wildman–Crippen LogP) is 3.43. The van der Waals surface area contributed by atoms with Gasteiger partial charge in [0.25, 0.3) is 0 Å². The van der Waals surface area contributed by atoms with Gasteiger partial charge in [0, 0.05) is 18.9 Å². The highest BCUT2D eigenvalue weighted by atomic mass is 16.1. The van der Waals surface area contributed by atoms with Crippen LogP contribution in [0.3, 0.4) is 0 Å². The lowest BCUT2D eigenvalue weighted by atomic mass is 9.90. The normalized spacial score (nSPS) is 17.3. The molecule has 1 aromatic rings. The van der Waals surface area contributed by atoms with Crippen molar-refractivity contribution in [2.24, 2.45) is 5.92 Å². The van der Waals surface area contributed by atoms with Gasteiger partial charge in [-0.25, -0.2) is 0 Å². The van der Waals surface area contributed by atoms with E-state index in [9.17, 15) is 4.79 Å². The Labute approximate surface area is 116 Å². The number of likely N-dealkylation sites (tertiary alicyclic amines) is 1. The van der Waals surface area contributed by atoms with Crippen molar-refractivity contribution in [1.82, 2.24) is 4.90 Å². The number of nitrogens with zero attached hydrogens (tertiary/aromatic N) is 1. The molecule has 19 heavy (non-hydrogen) atoms. The summed E-state index contributed by atoms with van der Waals surface area (Å²) in [6.45, 7) is 6.77. The molecule has 0 N–H and O–H groups in total. The van der Waals surface area contributed by atoms with Crippen molar-refractivity contribution in [3.63, 3.8) is 0 Å². The Hall–Kier alpha value is -1.41. The van der Waals surface area contributed by atoms with Crippen molar-refractivity contribution >= 4 is 5.78 Å². The van der Waals surface area contributed by atoms with Gasteiger partial charge >= 0.3 is 0 Å². The van der Waals surface area contributed by atoms with Gasteiger partial charge < -0.3 is 0 Å². The van der Waals surface area contributed by atoms with Crippen molar-refractivity contribution in [3.8, 4) is 0 Å². The number of hydrogen-bond acceptors (Lipinski definition) is 2. The summed E-state index contributed by atoms with van der Waals surface area (Å²) in [6.07, 6.45) is 5.37. The highest BCUT2D eigenvalue weighted by Crippen LogP contribution is 2.21. The first-order chi connectivity index (χ1) is 9.29. The molecule has 0 amide bonds. The second-order valence-corrected chi connectivity index (χ2v) is 5.33. The molecule has 1 fully saturated rings. The number of carbonyl (C=O) groups is 1. The topological polar surface area (TPSA) is 20.3 Å². The Morgan fingerprint density at radius 1 is 1.26 bits per heavy atom. The Bertz CT molecular complexity index is 405. The van der Waals surface area contributed by atoms with E-state index in [1.165, 1.54) is 5.56 Å². The maximum atomic E-state index is 12.0. The second-order valence-electron chi connectivity index (χ2n) is 5.33. The molecule has 1 aliphatic heterocycles. The predicted molar refractivity (Wildman–Crippen MR) is 78.9 cm³/mol. The zero-order valence-corrected chi connectivity index (χ0v) is 11.6. The molecule has 0 unspecified atom stereocenters. The third-order valence-electron chi connectivity index (χ3n) is 3.89. The SMILES string of the molecule is C=CCCC(=O)C1CCN(Cc2ccccc2)CC1. The van der Waals surface area contributed by atoms with Gasteiger partial charge in [0.2, 0.25) is 0 Å². The maximum Gasteiger partial charge on any atom is 0.136 e. The fraction of sp³-hybridized carbons (Fsp3) is 0.471. The number of allylic oxidation sites excluding steroid dienone is 1. The molecule has 0 saturated carbocycles. The minimum atomic E-state index is 0.284. The van der Waals surface area contributed by atoms with Crippen molar-refractivity contribution in [3.05, 3.63) is 48.6 Å². The van der Waals surface area contributed by atoms with E-state index >= 15 is 0 Å². The summed E-state index contributed by atoms with van der Waals surface area (Å²) < 4.78 is 0. The molecule has 1 aliphatic rings. The summed E-state index contributed by atoms with van der Waals surface area (Å²) >= 11 is 0. The number of piperidine rings is 1. The molecule has 0 bridgehead atoms. The van der Waals surface area contributed by atoms with Crippen LogP contribution in [0.25, 0.3) is 0 Å². The number of rotatable bonds is 6. The molecule has 102 valence electrons. The van der Waals surface area contributed by atoms with E-state index in [1.54, 1.807) is 0 Å². The van der Waals surface area contributed by atoms with Crippen LogP contribution in [0.4, 0.5) is 0 Å². The van der Waals surface area contributed by atoms with Crippen LogP contribution in [0, 0.1) is 5.92 Å².